The van der Waals surface area contributed by atoms with Crippen LogP contribution in [-0.2, 0) is 0 Å². The third-order valence-electron chi connectivity index (χ3n) is 3.88. The van der Waals surface area contributed by atoms with Crippen LogP contribution in [0.1, 0.15) is 39.0 Å². The van der Waals surface area contributed by atoms with Gasteiger partial charge in [-0.25, -0.2) is 0 Å². The fourth-order valence-corrected chi connectivity index (χ4v) is 2.62. The second kappa shape index (κ2) is 5.30. The molecule has 94 valence electrons. The lowest BCUT2D eigenvalue weighted by molar-refractivity contribution is 0.330. The molecule has 0 aliphatic heterocycles. The summed E-state index contributed by atoms with van der Waals surface area (Å²) < 4.78 is 0. The maximum atomic E-state index is 5.80. The average Bonchev–Trinajstić information content (AvgIpc) is 2.35. The number of nitrogens with one attached hydrogen (secondary N) is 1. The smallest absolute Gasteiger partial charge is 0.0568 e. The molecule has 3 nitrogen and oxygen atoms in total. The molecular weight excluding hydrogens is 210 g/mol. The maximum absolute atomic E-state index is 5.80. The molecule has 5 N–H and O–H groups in total. The quantitative estimate of drug-likeness (QED) is 0.702. The first-order valence-electron chi connectivity index (χ1n) is 6.60. The SMILES string of the molecule is CCC1CCC(Nc2ccc(N)c(N)c2)CC1. The van der Waals surface area contributed by atoms with E-state index in [1.54, 1.807) is 0 Å². The van der Waals surface area contributed by atoms with Crippen molar-refractivity contribution in [2.75, 3.05) is 16.8 Å². The number of hydrogen-bond donors (Lipinski definition) is 3. The third kappa shape index (κ3) is 3.05. The molecule has 3 heteroatoms. The van der Waals surface area contributed by atoms with Crippen LogP contribution in [0, 0.1) is 5.92 Å². The topological polar surface area (TPSA) is 64.1 Å². The van der Waals surface area contributed by atoms with Gasteiger partial charge in [-0.3, -0.25) is 0 Å². The van der Waals surface area contributed by atoms with Gasteiger partial charge in [0, 0.05) is 11.7 Å². The number of anilines is 3. The Bertz CT molecular complexity index is 368. The van der Waals surface area contributed by atoms with E-state index in [0.717, 1.165) is 11.6 Å². The average molecular weight is 233 g/mol. The van der Waals surface area contributed by atoms with Crippen LogP contribution in [0.15, 0.2) is 18.2 Å². The van der Waals surface area contributed by atoms with Gasteiger partial charge in [0.25, 0.3) is 0 Å². The van der Waals surface area contributed by atoms with Crippen molar-refractivity contribution in [3.8, 4) is 0 Å². The Hall–Kier alpha value is -1.38. The van der Waals surface area contributed by atoms with Gasteiger partial charge in [0.15, 0.2) is 0 Å². The van der Waals surface area contributed by atoms with E-state index in [1.807, 2.05) is 18.2 Å². The molecule has 0 spiro atoms. The van der Waals surface area contributed by atoms with Crippen molar-refractivity contribution in [3.63, 3.8) is 0 Å². The second-order valence-electron chi connectivity index (χ2n) is 5.11. The highest BCUT2D eigenvalue weighted by Gasteiger charge is 2.19. The molecule has 1 aliphatic rings. The summed E-state index contributed by atoms with van der Waals surface area (Å²) in [7, 11) is 0. The molecule has 2 rings (SSSR count). The monoisotopic (exact) mass is 233 g/mol. The summed E-state index contributed by atoms with van der Waals surface area (Å²) in [5.74, 6) is 0.935. The fraction of sp³-hybridized carbons (Fsp3) is 0.571. The first kappa shape index (κ1) is 12.1. The Balaban J connectivity index is 1.91. The van der Waals surface area contributed by atoms with Gasteiger partial charge >= 0.3 is 0 Å². The van der Waals surface area contributed by atoms with Gasteiger partial charge in [-0.05, 0) is 49.8 Å². The summed E-state index contributed by atoms with van der Waals surface area (Å²) in [4.78, 5) is 0. The lowest BCUT2D eigenvalue weighted by Gasteiger charge is -2.29. The van der Waals surface area contributed by atoms with Crippen LogP contribution in [-0.4, -0.2) is 6.04 Å². The molecule has 0 saturated heterocycles. The number of hydrogen-bond acceptors (Lipinski definition) is 3. The van der Waals surface area contributed by atoms with E-state index in [1.165, 1.54) is 32.1 Å². The molecule has 17 heavy (non-hydrogen) atoms. The molecular formula is C14H23N3. The minimum atomic E-state index is 0.598. The van der Waals surface area contributed by atoms with Crippen LogP contribution in [0.5, 0.6) is 0 Å². The van der Waals surface area contributed by atoms with Gasteiger partial charge in [-0.15, -0.1) is 0 Å². The normalized spacial score (nSPS) is 24.5. The van der Waals surface area contributed by atoms with E-state index >= 15 is 0 Å². The molecule has 0 radical (unpaired) electrons. The molecule has 0 amide bonds. The summed E-state index contributed by atoms with van der Waals surface area (Å²) in [5.41, 5.74) is 13.9. The minimum Gasteiger partial charge on any atom is -0.397 e. The number of nitrogen functional groups attached to an aromatic ring is 2. The highest BCUT2D eigenvalue weighted by Crippen LogP contribution is 2.29. The van der Waals surface area contributed by atoms with Gasteiger partial charge in [0.05, 0.1) is 11.4 Å². The Morgan fingerprint density at radius 3 is 2.41 bits per heavy atom. The molecule has 1 saturated carbocycles. The van der Waals surface area contributed by atoms with Gasteiger partial charge in [0.2, 0.25) is 0 Å². The molecule has 1 aromatic carbocycles. The van der Waals surface area contributed by atoms with Crippen molar-refractivity contribution in [1.29, 1.82) is 0 Å². The Labute approximate surface area is 104 Å². The van der Waals surface area contributed by atoms with Crippen molar-refractivity contribution >= 4 is 17.1 Å². The predicted molar refractivity (Wildman–Crippen MR) is 74.9 cm³/mol. The van der Waals surface area contributed by atoms with Crippen LogP contribution >= 0.6 is 0 Å². The lowest BCUT2D eigenvalue weighted by atomic mass is 9.84. The van der Waals surface area contributed by atoms with Gasteiger partial charge in [-0.2, -0.15) is 0 Å². The van der Waals surface area contributed by atoms with Crippen molar-refractivity contribution in [3.05, 3.63) is 18.2 Å². The maximum Gasteiger partial charge on any atom is 0.0568 e. The van der Waals surface area contributed by atoms with E-state index < -0.39 is 0 Å². The molecule has 0 bridgehead atoms. The largest absolute Gasteiger partial charge is 0.397 e. The van der Waals surface area contributed by atoms with E-state index in [9.17, 15) is 0 Å². The van der Waals surface area contributed by atoms with Gasteiger partial charge in [-0.1, -0.05) is 13.3 Å². The van der Waals surface area contributed by atoms with E-state index in [-0.39, 0.29) is 0 Å². The minimum absolute atomic E-state index is 0.598. The van der Waals surface area contributed by atoms with E-state index in [2.05, 4.69) is 12.2 Å². The van der Waals surface area contributed by atoms with Crippen molar-refractivity contribution in [2.45, 2.75) is 45.1 Å². The highest BCUT2D eigenvalue weighted by atomic mass is 14.9. The summed E-state index contributed by atoms with van der Waals surface area (Å²) in [6.07, 6.45) is 6.55. The van der Waals surface area contributed by atoms with Crippen molar-refractivity contribution in [2.24, 2.45) is 5.92 Å². The van der Waals surface area contributed by atoms with Crippen molar-refractivity contribution < 1.29 is 0 Å². The first-order valence-corrected chi connectivity index (χ1v) is 6.60. The van der Waals surface area contributed by atoms with Gasteiger partial charge in [0.1, 0.15) is 0 Å². The van der Waals surface area contributed by atoms with Crippen LogP contribution in [0.25, 0.3) is 0 Å². The Morgan fingerprint density at radius 2 is 1.82 bits per heavy atom. The second-order valence-corrected chi connectivity index (χ2v) is 5.11. The molecule has 0 unspecified atom stereocenters. The van der Waals surface area contributed by atoms with E-state index in [0.29, 0.717) is 17.4 Å². The van der Waals surface area contributed by atoms with Crippen LogP contribution in [0.3, 0.4) is 0 Å². The summed E-state index contributed by atoms with van der Waals surface area (Å²) in [6, 6.07) is 6.41. The molecule has 0 aromatic heterocycles. The Morgan fingerprint density at radius 1 is 1.12 bits per heavy atom. The van der Waals surface area contributed by atoms with Crippen LogP contribution < -0.4 is 16.8 Å². The van der Waals surface area contributed by atoms with Crippen LogP contribution in [0.2, 0.25) is 0 Å². The first-order chi connectivity index (χ1) is 8.19. The molecule has 0 heterocycles. The number of benzene rings is 1. The summed E-state index contributed by atoms with van der Waals surface area (Å²) >= 11 is 0. The molecule has 0 atom stereocenters. The molecule has 1 fully saturated rings. The summed E-state index contributed by atoms with van der Waals surface area (Å²) in [6.45, 7) is 2.29. The number of nitrogens with two attached hydrogens (primary N) is 2. The standard InChI is InChI=1S/C14H23N3/c1-2-10-3-5-11(6-4-10)17-12-7-8-13(15)14(16)9-12/h7-11,17H,2-6,15-16H2,1H3. The zero-order valence-electron chi connectivity index (χ0n) is 10.6. The van der Waals surface area contributed by atoms with Gasteiger partial charge < -0.3 is 16.8 Å². The molecule has 1 aliphatic carbocycles. The lowest BCUT2D eigenvalue weighted by Crippen LogP contribution is -2.25. The highest BCUT2D eigenvalue weighted by molar-refractivity contribution is 5.69. The van der Waals surface area contributed by atoms with Crippen LogP contribution in [0.4, 0.5) is 17.1 Å². The Kier molecular flexibility index (Phi) is 3.77. The molecule has 1 aromatic rings. The predicted octanol–water partition coefficient (Wildman–Crippen LogP) is 3.23. The van der Waals surface area contributed by atoms with Crippen molar-refractivity contribution in [1.82, 2.24) is 0 Å². The zero-order chi connectivity index (χ0) is 12.3. The summed E-state index contributed by atoms with van der Waals surface area (Å²) in [5, 5.41) is 3.56. The van der Waals surface area contributed by atoms with E-state index in [4.69, 9.17) is 11.5 Å². The third-order valence-corrected chi connectivity index (χ3v) is 3.88. The number of rotatable bonds is 3. The fourth-order valence-electron chi connectivity index (χ4n) is 2.62. The zero-order valence-corrected chi connectivity index (χ0v) is 10.6.